The van der Waals surface area contributed by atoms with Gasteiger partial charge >= 0.3 is 0 Å². The molecule has 0 aliphatic carbocycles. The largest absolute Gasteiger partial charge is 0.357 e. The van der Waals surface area contributed by atoms with Crippen LogP contribution in [0.1, 0.15) is 50.5 Å². The molecule has 0 radical (unpaired) electrons. The fourth-order valence-electron chi connectivity index (χ4n) is 2.47. The first-order chi connectivity index (χ1) is 12.0. The minimum atomic E-state index is 0. The molecule has 0 aromatic carbocycles. The van der Waals surface area contributed by atoms with Crippen molar-refractivity contribution in [3.8, 4) is 0 Å². The molecular weight excluding hydrogens is 443 g/mol. The Morgan fingerprint density at radius 1 is 1.42 bits per heavy atom. The van der Waals surface area contributed by atoms with Crippen LogP contribution in [0.4, 0.5) is 0 Å². The zero-order valence-electron chi connectivity index (χ0n) is 16.4. The van der Waals surface area contributed by atoms with E-state index >= 15 is 0 Å². The molecule has 1 N–H and O–H groups in total. The molecule has 2 rings (SSSR count). The molecular formula is C18H31IN6O. The number of rotatable bonds is 8. The zero-order chi connectivity index (χ0) is 18.2. The number of hydrogen-bond acceptors (Lipinski definition) is 4. The molecule has 0 amide bonds. The lowest BCUT2D eigenvalue weighted by atomic mass is 10.2. The summed E-state index contributed by atoms with van der Waals surface area (Å²) in [4.78, 5) is 11.3. The normalized spacial score (nSPS) is 11.5. The molecule has 2 aromatic rings. The van der Waals surface area contributed by atoms with Crippen LogP contribution in [0.25, 0.3) is 0 Å². The molecule has 0 atom stereocenters. The Labute approximate surface area is 173 Å². The summed E-state index contributed by atoms with van der Waals surface area (Å²) in [5, 5.41) is 7.34. The summed E-state index contributed by atoms with van der Waals surface area (Å²) in [6.45, 7) is 8.58. The number of guanidine groups is 1. The highest BCUT2D eigenvalue weighted by molar-refractivity contribution is 14.0. The number of aliphatic imine (C=N–C) groups is 1. The van der Waals surface area contributed by atoms with Crippen LogP contribution >= 0.6 is 24.0 Å². The van der Waals surface area contributed by atoms with Crippen molar-refractivity contribution < 1.29 is 4.52 Å². The number of aromatic nitrogens is 3. The Kier molecular flexibility index (Phi) is 9.68. The summed E-state index contributed by atoms with van der Waals surface area (Å²) in [7, 11) is 4.12. The van der Waals surface area contributed by atoms with Crippen molar-refractivity contribution >= 4 is 29.9 Å². The molecule has 8 heteroatoms. The standard InChI is InChI=1S/C18H30N6O.HI/c1-6-19-18(24(5)13-15-9-8-12-23(15)4)20-11-7-10-16-21-17(14(2)3)22-25-16;/h8-9,12,14H,6-7,10-11,13H2,1-5H3,(H,19,20);1H. The van der Waals surface area contributed by atoms with E-state index in [1.165, 1.54) is 5.69 Å². The van der Waals surface area contributed by atoms with Gasteiger partial charge in [0.25, 0.3) is 0 Å². The lowest BCUT2D eigenvalue weighted by molar-refractivity contribution is 0.369. The van der Waals surface area contributed by atoms with Crippen LogP contribution in [-0.2, 0) is 20.0 Å². The molecule has 0 saturated heterocycles. The lowest BCUT2D eigenvalue weighted by Crippen LogP contribution is -2.38. The van der Waals surface area contributed by atoms with Gasteiger partial charge in [0, 0.05) is 51.4 Å². The summed E-state index contributed by atoms with van der Waals surface area (Å²) >= 11 is 0. The summed E-state index contributed by atoms with van der Waals surface area (Å²) in [6.07, 6.45) is 3.69. The van der Waals surface area contributed by atoms with E-state index in [-0.39, 0.29) is 24.0 Å². The highest BCUT2D eigenvalue weighted by Gasteiger charge is 2.10. The number of nitrogens with one attached hydrogen (secondary N) is 1. The predicted octanol–water partition coefficient (Wildman–Crippen LogP) is 3.18. The van der Waals surface area contributed by atoms with Gasteiger partial charge in [0.2, 0.25) is 5.89 Å². The molecule has 0 aliphatic rings. The molecule has 26 heavy (non-hydrogen) atoms. The summed E-state index contributed by atoms with van der Waals surface area (Å²) in [5.41, 5.74) is 1.25. The van der Waals surface area contributed by atoms with Crippen molar-refractivity contribution in [2.75, 3.05) is 20.1 Å². The fraction of sp³-hybridized carbons (Fsp3) is 0.611. The summed E-state index contributed by atoms with van der Waals surface area (Å²) < 4.78 is 7.40. The van der Waals surface area contributed by atoms with Crippen molar-refractivity contribution in [1.82, 2.24) is 24.9 Å². The van der Waals surface area contributed by atoms with E-state index in [9.17, 15) is 0 Å². The first-order valence-electron chi connectivity index (χ1n) is 8.93. The van der Waals surface area contributed by atoms with E-state index < -0.39 is 0 Å². The van der Waals surface area contributed by atoms with Crippen LogP contribution in [0.5, 0.6) is 0 Å². The molecule has 2 aromatic heterocycles. The minimum Gasteiger partial charge on any atom is -0.357 e. The second-order valence-corrected chi connectivity index (χ2v) is 6.51. The summed E-state index contributed by atoms with van der Waals surface area (Å²) in [6, 6.07) is 4.19. The topological polar surface area (TPSA) is 71.5 Å². The molecule has 0 spiro atoms. The quantitative estimate of drug-likeness (QED) is 0.276. The minimum absolute atomic E-state index is 0. The number of nitrogens with zero attached hydrogens (tertiary/aromatic N) is 5. The number of aryl methyl sites for hydroxylation is 2. The van der Waals surface area contributed by atoms with E-state index in [0.717, 1.165) is 44.3 Å². The van der Waals surface area contributed by atoms with Gasteiger partial charge < -0.3 is 19.3 Å². The van der Waals surface area contributed by atoms with Crippen LogP contribution in [0, 0.1) is 0 Å². The third-order valence-electron chi connectivity index (χ3n) is 3.96. The summed E-state index contributed by atoms with van der Waals surface area (Å²) in [5.74, 6) is 2.68. The second kappa shape index (κ2) is 11.2. The Balaban J connectivity index is 0.00000338. The predicted molar refractivity (Wildman–Crippen MR) is 115 cm³/mol. The van der Waals surface area contributed by atoms with Crippen LogP contribution < -0.4 is 5.32 Å². The third kappa shape index (κ3) is 6.62. The lowest BCUT2D eigenvalue weighted by Gasteiger charge is -2.22. The zero-order valence-corrected chi connectivity index (χ0v) is 18.7. The van der Waals surface area contributed by atoms with Gasteiger partial charge in [-0.1, -0.05) is 19.0 Å². The van der Waals surface area contributed by atoms with Gasteiger partial charge in [0.05, 0.1) is 6.54 Å². The second-order valence-electron chi connectivity index (χ2n) is 6.51. The molecule has 0 unspecified atom stereocenters. The third-order valence-corrected chi connectivity index (χ3v) is 3.96. The molecule has 7 nitrogen and oxygen atoms in total. The first-order valence-corrected chi connectivity index (χ1v) is 8.93. The number of hydrogen-bond donors (Lipinski definition) is 1. The maximum atomic E-state index is 5.27. The van der Waals surface area contributed by atoms with Crippen molar-refractivity contribution in [2.45, 2.75) is 46.1 Å². The maximum absolute atomic E-state index is 5.27. The van der Waals surface area contributed by atoms with Crippen molar-refractivity contribution in [3.63, 3.8) is 0 Å². The molecule has 0 aliphatic heterocycles. The van der Waals surface area contributed by atoms with E-state index in [2.05, 4.69) is 78.1 Å². The van der Waals surface area contributed by atoms with Crippen molar-refractivity contribution in [2.24, 2.45) is 12.0 Å². The van der Waals surface area contributed by atoms with Crippen LogP contribution in [0.3, 0.4) is 0 Å². The highest BCUT2D eigenvalue weighted by Crippen LogP contribution is 2.10. The molecule has 0 bridgehead atoms. The monoisotopic (exact) mass is 474 g/mol. The molecule has 2 heterocycles. The first kappa shape index (κ1) is 22.5. The van der Waals surface area contributed by atoms with Gasteiger partial charge in [-0.05, 0) is 25.5 Å². The van der Waals surface area contributed by atoms with E-state index in [1.807, 2.05) is 0 Å². The van der Waals surface area contributed by atoms with Gasteiger partial charge in [0.1, 0.15) is 0 Å². The fourth-order valence-corrected chi connectivity index (χ4v) is 2.47. The van der Waals surface area contributed by atoms with Crippen LogP contribution in [0.2, 0.25) is 0 Å². The average molecular weight is 474 g/mol. The molecule has 146 valence electrons. The van der Waals surface area contributed by atoms with Crippen LogP contribution in [-0.4, -0.2) is 45.7 Å². The van der Waals surface area contributed by atoms with Gasteiger partial charge in [-0.2, -0.15) is 4.98 Å². The van der Waals surface area contributed by atoms with E-state index in [0.29, 0.717) is 11.8 Å². The Hall–Kier alpha value is -1.58. The highest BCUT2D eigenvalue weighted by atomic mass is 127. The van der Waals surface area contributed by atoms with E-state index in [1.54, 1.807) is 0 Å². The Morgan fingerprint density at radius 2 is 2.19 bits per heavy atom. The van der Waals surface area contributed by atoms with Gasteiger partial charge in [-0.15, -0.1) is 24.0 Å². The average Bonchev–Trinajstić information content (AvgIpc) is 3.20. The Morgan fingerprint density at radius 3 is 2.77 bits per heavy atom. The van der Waals surface area contributed by atoms with Gasteiger partial charge in [0.15, 0.2) is 11.8 Å². The Bertz CT molecular complexity index is 679. The van der Waals surface area contributed by atoms with Crippen LogP contribution in [0.15, 0.2) is 27.8 Å². The smallest absolute Gasteiger partial charge is 0.226 e. The van der Waals surface area contributed by atoms with Gasteiger partial charge in [-0.25, -0.2) is 0 Å². The number of halogens is 1. The SMILES string of the molecule is CCNC(=NCCCc1nc(C(C)C)no1)N(C)Cc1cccn1C.I. The van der Waals surface area contributed by atoms with Crippen molar-refractivity contribution in [1.29, 1.82) is 0 Å². The molecule has 0 fully saturated rings. The molecule has 0 saturated carbocycles. The van der Waals surface area contributed by atoms with Gasteiger partial charge in [-0.3, -0.25) is 4.99 Å². The maximum Gasteiger partial charge on any atom is 0.226 e. The van der Waals surface area contributed by atoms with E-state index in [4.69, 9.17) is 9.52 Å². The van der Waals surface area contributed by atoms with Crippen molar-refractivity contribution in [3.05, 3.63) is 35.7 Å².